The number of H-pyrrole nitrogens is 1. The first-order chi connectivity index (χ1) is 16.7. The normalized spacial score (nSPS) is 13.7. The van der Waals surface area contributed by atoms with Crippen molar-refractivity contribution in [3.8, 4) is 17.0 Å². The van der Waals surface area contributed by atoms with E-state index in [2.05, 4.69) is 20.2 Å². The third kappa shape index (κ3) is 4.91. The van der Waals surface area contributed by atoms with E-state index in [4.69, 9.17) is 24.5 Å². The first kappa shape index (κ1) is 21.7. The van der Waals surface area contributed by atoms with E-state index in [-0.39, 0.29) is 5.75 Å². The number of pyridine rings is 1. The number of benzene rings is 1. The summed E-state index contributed by atoms with van der Waals surface area (Å²) in [7, 11) is 0. The summed E-state index contributed by atoms with van der Waals surface area (Å²) in [5.74, 6) is 1.50. The zero-order chi connectivity index (χ0) is 23.3. The number of hydrogen-bond acceptors (Lipinski definition) is 8. The molecule has 0 saturated carbocycles. The van der Waals surface area contributed by atoms with Crippen molar-refractivity contribution in [2.75, 3.05) is 43.1 Å². The summed E-state index contributed by atoms with van der Waals surface area (Å²) in [6.45, 7) is 3.36. The van der Waals surface area contributed by atoms with Crippen LogP contribution in [0, 0.1) is 0 Å². The first-order valence-corrected chi connectivity index (χ1v) is 11.0. The van der Waals surface area contributed by atoms with Crippen LogP contribution in [-0.4, -0.2) is 64.0 Å². The number of aromatic nitrogens is 4. The molecule has 10 heteroatoms. The number of carboxylic acid groups (broad SMARTS) is 1. The van der Waals surface area contributed by atoms with Gasteiger partial charge in [-0.3, -0.25) is 4.98 Å². The van der Waals surface area contributed by atoms with Crippen molar-refractivity contribution in [3.05, 3.63) is 60.6 Å². The van der Waals surface area contributed by atoms with E-state index >= 15 is 0 Å². The van der Waals surface area contributed by atoms with Crippen LogP contribution in [0.5, 0.6) is 5.75 Å². The van der Waals surface area contributed by atoms with Crippen molar-refractivity contribution in [1.82, 2.24) is 19.9 Å². The first-order valence-electron chi connectivity index (χ1n) is 11.0. The van der Waals surface area contributed by atoms with Crippen LogP contribution >= 0.6 is 0 Å². The molecule has 34 heavy (non-hydrogen) atoms. The molecule has 0 radical (unpaired) electrons. The maximum atomic E-state index is 11.1. The lowest BCUT2D eigenvalue weighted by Crippen LogP contribution is -2.37. The predicted molar refractivity (Wildman–Crippen MR) is 127 cm³/mol. The van der Waals surface area contributed by atoms with Gasteiger partial charge in [-0.25, -0.2) is 9.78 Å². The van der Waals surface area contributed by atoms with Crippen molar-refractivity contribution in [1.29, 1.82) is 0 Å². The molecule has 3 aromatic heterocycles. The third-order valence-corrected chi connectivity index (χ3v) is 5.59. The van der Waals surface area contributed by atoms with Gasteiger partial charge in [0.25, 0.3) is 0 Å². The van der Waals surface area contributed by atoms with Crippen molar-refractivity contribution in [3.63, 3.8) is 0 Å². The highest BCUT2D eigenvalue weighted by atomic mass is 16.7. The van der Waals surface area contributed by atoms with E-state index in [1.165, 1.54) is 0 Å². The number of ether oxygens (including phenoxy) is 2. The molecule has 1 saturated heterocycles. The highest BCUT2D eigenvalue weighted by molar-refractivity contribution is 5.96. The maximum absolute atomic E-state index is 11.1. The van der Waals surface area contributed by atoms with Crippen molar-refractivity contribution in [2.45, 2.75) is 6.42 Å². The number of morpholine rings is 1. The maximum Gasteiger partial charge on any atom is 0.511 e. The van der Waals surface area contributed by atoms with Gasteiger partial charge in [-0.15, -0.1) is 0 Å². The standard InChI is InChI=1S/C24H24N6O4/c31-24(32)34-17-12-19(18-4-7-26-20(18)13-17)21-14-22(30-8-10-33-11-9-30)29-23(28-21)27-6-3-16-2-1-5-25-15-16/h1-2,4-5,7,12-15,26H,3,6,8-11H2,(H,31,32)(H,27,28,29). The summed E-state index contributed by atoms with van der Waals surface area (Å²) in [4.78, 5) is 30.1. The summed E-state index contributed by atoms with van der Waals surface area (Å²) >= 11 is 0. The molecule has 0 atom stereocenters. The largest absolute Gasteiger partial charge is 0.511 e. The van der Waals surface area contributed by atoms with Crippen molar-refractivity contribution < 1.29 is 19.4 Å². The lowest BCUT2D eigenvalue weighted by Gasteiger charge is -2.28. The van der Waals surface area contributed by atoms with Gasteiger partial charge in [-0.1, -0.05) is 6.07 Å². The van der Waals surface area contributed by atoms with Gasteiger partial charge in [0.05, 0.1) is 18.9 Å². The molecular weight excluding hydrogens is 436 g/mol. The Hall–Kier alpha value is -4.18. The molecule has 3 N–H and O–H groups in total. The molecule has 5 rings (SSSR count). The van der Waals surface area contributed by atoms with Gasteiger partial charge in [0.15, 0.2) is 0 Å². The van der Waals surface area contributed by atoms with Crippen LogP contribution in [0.1, 0.15) is 5.56 Å². The Labute approximate surface area is 195 Å². The number of nitrogens with zero attached hydrogens (tertiary/aromatic N) is 4. The van der Waals surface area contributed by atoms with Crippen molar-refractivity contribution >= 4 is 28.8 Å². The third-order valence-electron chi connectivity index (χ3n) is 5.59. The molecule has 4 aromatic rings. The smallest absolute Gasteiger partial charge is 0.449 e. The zero-order valence-electron chi connectivity index (χ0n) is 18.4. The zero-order valence-corrected chi connectivity index (χ0v) is 18.4. The Morgan fingerprint density at radius 1 is 1.21 bits per heavy atom. The molecule has 1 aliphatic rings. The summed E-state index contributed by atoms with van der Waals surface area (Å²) < 4.78 is 10.4. The highest BCUT2D eigenvalue weighted by Gasteiger charge is 2.18. The Bertz CT molecular complexity index is 1290. The number of aromatic amines is 1. The fourth-order valence-corrected chi connectivity index (χ4v) is 3.98. The van der Waals surface area contributed by atoms with Gasteiger partial charge in [0.2, 0.25) is 5.95 Å². The number of hydrogen-bond donors (Lipinski definition) is 3. The minimum atomic E-state index is -1.37. The highest BCUT2D eigenvalue weighted by Crippen LogP contribution is 2.34. The van der Waals surface area contributed by atoms with Gasteiger partial charge in [-0.2, -0.15) is 4.98 Å². The molecule has 0 bridgehead atoms. The lowest BCUT2D eigenvalue weighted by atomic mass is 10.1. The molecule has 0 unspecified atom stereocenters. The van der Waals surface area contributed by atoms with Crippen LogP contribution in [0.25, 0.3) is 22.2 Å². The minimum absolute atomic E-state index is 0.218. The number of anilines is 2. The Kier molecular flexibility index (Phi) is 6.21. The van der Waals surface area contributed by atoms with E-state index < -0.39 is 6.16 Å². The average Bonchev–Trinajstić information content (AvgIpc) is 3.33. The van der Waals surface area contributed by atoms with E-state index in [1.807, 2.05) is 30.5 Å². The fourth-order valence-electron chi connectivity index (χ4n) is 3.98. The van der Waals surface area contributed by atoms with E-state index in [0.29, 0.717) is 31.4 Å². The molecular formula is C24H24N6O4. The number of carbonyl (C=O) groups is 1. The van der Waals surface area contributed by atoms with Gasteiger partial charge in [0, 0.05) is 66.8 Å². The molecule has 10 nitrogen and oxygen atoms in total. The predicted octanol–water partition coefficient (Wildman–Crippen LogP) is 3.57. The molecule has 4 heterocycles. The molecule has 1 fully saturated rings. The molecule has 1 aliphatic heterocycles. The Morgan fingerprint density at radius 2 is 2.09 bits per heavy atom. The molecule has 0 amide bonds. The molecule has 0 aliphatic carbocycles. The van der Waals surface area contributed by atoms with Crippen LogP contribution in [0.3, 0.4) is 0 Å². The van der Waals surface area contributed by atoms with Crippen LogP contribution in [0.2, 0.25) is 0 Å². The van der Waals surface area contributed by atoms with Gasteiger partial charge < -0.3 is 29.8 Å². The second-order valence-electron chi connectivity index (χ2n) is 7.85. The van der Waals surface area contributed by atoms with Gasteiger partial charge in [-0.05, 0) is 30.2 Å². The van der Waals surface area contributed by atoms with E-state index in [0.717, 1.165) is 47.4 Å². The summed E-state index contributed by atoms with van der Waals surface area (Å²) in [5, 5.41) is 13.3. The van der Waals surface area contributed by atoms with Crippen LogP contribution in [0.4, 0.5) is 16.6 Å². The van der Waals surface area contributed by atoms with Gasteiger partial charge in [0.1, 0.15) is 11.6 Å². The lowest BCUT2D eigenvalue weighted by molar-refractivity contribution is 0.122. The Balaban J connectivity index is 1.51. The van der Waals surface area contributed by atoms with Crippen molar-refractivity contribution in [2.24, 2.45) is 0 Å². The summed E-state index contributed by atoms with van der Waals surface area (Å²) in [5.41, 5.74) is 3.29. The van der Waals surface area contributed by atoms with Crippen LogP contribution in [-0.2, 0) is 11.2 Å². The molecule has 1 aromatic carbocycles. The number of nitrogens with one attached hydrogen (secondary N) is 2. The fraction of sp³-hybridized carbons (Fsp3) is 0.250. The van der Waals surface area contributed by atoms with Gasteiger partial charge >= 0.3 is 6.16 Å². The Morgan fingerprint density at radius 3 is 2.88 bits per heavy atom. The summed E-state index contributed by atoms with van der Waals surface area (Å²) in [6.07, 6.45) is 4.80. The molecule has 174 valence electrons. The monoisotopic (exact) mass is 460 g/mol. The van der Waals surface area contributed by atoms with Crippen LogP contribution in [0.15, 0.2) is 55.0 Å². The molecule has 0 spiro atoms. The van der Waals surface area contributed by atoms with E-state index in [9.17, 15) is 4.79 Å². The van der Waals surface area contributed by atoms with Crippen LogP contribution < -0.4 is 15.0 Å². The SMILES string of the molecule is O=C(O)Oc1cc(-c2cc(N3CCOCC3)nc(NCCc3cccnc3)n2)c2cc[nH]c2c1. The van der Waals surface area contributed by atoms with E-state index in [1.54, 1.807) is 24.5 Å². The second-order valence-corrected chi connectivity index (χ2v) is 7.85. The number of rotatable bonds is 7. The summed E-state index contributed by atoms with van der Waals surface area (Å²) in [6, 6.07) is 11.1. The topological polar surface area (TPSA) is 125 Å². The average molecular weight is 460 g/mol. The minimum Gasteiger partial charge on any atom is -0.449 e. The second kappa shape index (κ2) is 9.75. The number of fused-ring (bicyclic) bond motifs is 1. The quantitative estimate of drug-likeness (QED) is 0.280.